The van der Waals surface area contributed by atoms with E-state index >= 15 is 0 Å². The zero-order valence-electron chi connectivity index (χ0n) is 13.2. The SMILES string of the molecule is CC(=O)CC(=O)OCCOC(=O)Nc1ccc(C2=NCCO2)cc1. The molecule has 1 aromatic rings. The maximum absolute atomic E-state index is 11.6. The molecule has 0 atom stereocenters. The number of nitrogens with zero attached hydrogens (tertiary/aromatic N) is 1. The van der Waals surface area contributed by atoms with Crippen LogP contribution in [0.15, 0.2) is 29.3 Å². The fraction of sp³-hybridized carbons (Fsp3) is 0.375. The Morgan fingerprint density at radius 1 is 1.17 bits per heavy atom. The normalized spacial score (nSPS) is 12.8. The van der Waals surface area contributed by atoms with Crippen molar-refractivity contribution in [2.45, 2.75) is 13.3 Å². The number of amides is 1. The van der Waals surface area contributed by atoms with Crippen molar-refractivity contribution in [1.82, 2.24) is 0 Å². The van der Waals surface area contributed by atoms with Crippen LogP contribution >= 0.6 is 0 Å². The van der Waals surface area contributed by atoms with E-state index in [0.29, 0.717) is 24.7 Å². The number of carbonyl (C=O) groups is 3. The summed E-state index contributed by atoms with van der Waals surface area (Å²) in [5.74, 6) is -0.327. The van der Waals surface area contributed by atoms with Crippen LogP contribution < -0.4 is 5.32 Å². The highest BCUT2D eigenvalue weighted by molar-refractivity contribution is 5.96. The van der Waals surface area contributed by atoms with Gasteiger partial charge in [-0.2, -0.15) is 0 Å². The number of nitrogens with one attached hydrogen (secondary N) is 1. The van der Waals surface area contributed by atoms with Gasteiger partial charge in [-0.1, -0.05) is 0 Å². The number of ether oxygens (including phenoxy) is 3. The molecule has 0 fully saturated rings. The molecule has 8 heteroatoms. The average Bonchev–Trinajstić information content (AvgIpc) is 3.06. The molecule has 0 bridgehead atoms. The third-order valence-corrected chi connectivity index (χ3v) is 2.94. The lowest BCUT2D eigenvalue weighted by molar-refractivity contribution is -0.146. The first-order chi connectivity index (χ1) is 11.5. The van der Waals surface area contributed by atoms with Gasteiger partial charge in [-0.25, -0.2) is 9.79 Å². The quantitative estimate of drug-likeness (QED) is 0.461. The minimum Gasteiger partial charge on any atom is -0.476 e. The summed E-state index contributed by atoms with van der Waals surface area (Å²) in [5, 5.41) is 2.54. The molecule has 128 valence electrons. The Labute approximate surface area is 138 Å². The number of aliphatic imine (C=N–C) groups is 1. The van der Waals surface area contributed by atoms with Crippen molar-refractivity contribution in [3.05, 3.63) is 29.8 Å². The van der Waals surface area contributed by atoms with Crippen LogP contribution in [0.1, 0.15) is 18.9 Å². The molecule has 0 saturated heterocycles. The molecule has 1 aliphatic heterocycles. The molecule has 0 unspecified atom stereocenters. The summed E-state index contributed by atoms with van der Waals surface area (Å²) in [7, 11) is 0. The number of rotatable bonds is 7. The van der Waals surface area contributed by atoms with E-state index in [0.717, 1.165) is 5.56 Å². The number of ketones is 1. The zero-order chi connectivity index (χ0) is 17.4. The second-order valence-electron chi connectivity index (χ2n) is 4.97. The number of anilines is 1. The largest absolute Gasteiger partial charge is 0.476 e. The topological polar surface area (TPSA) is 103 Å². The van der Waals surface area contributed by atoms with Crippen LogP contribution in [-0.2, 0) is 23.8 Å². The molecular formula is C16H18N2O6. The average molecular weight is 334 g/mol. The molecule has 2 rings (SSSR count). The van der Waals surface area contributed by atoms with Gasteiger partial charge in [-0.05, 0) is 31.2 Å². The van der Waals surface area contributed by atoms with Crippen molar-refractivity contribution in [3.63, 3.8) is 0 Å². The van der Waals surface area contributed by atoms with Gasteiger partial charge in [0.2, 0.25) is 5.90 Å². The maximum Gasteiger partial charge on any atom is 0.411 e. The smallest absolute Gasteiger partial charge is 0.411 e. The molecule has 0 spiro atoms. The third kappa shape index (κ3) is 5.71. The fourth-order valence-electron chi connectivity index (χ4n) is 1.90. The molecule has 0 saturated carbocycles. The Balaban J connectivity index is 1.68. The molecule has 8 nitrogen and oxygen atoms in total. The molecule has 1 N–H and O–H groups in total. The monoisotopic (exact) mass is 334 g/mol. The van der Waals surface area contributed by atoms with Crippen molar-refractivity contribution in [2.24, 2.45) is 4.99 Å². The predicted octanol–water partition coefficient (Wildman–Crippen LogP) is 1.53. The van der Waals surface area contributed by atoms with Gasteiger partial charge in [-0.3, -0.25) is 14.9 Å². The minimum atomic E-state index is -0.667. The summed E-state index contributed by atoms with van der Waals surface area (Å²) in [6.45, 7) is 2.33. The molecule has 1 amide bonds. The van der Waals surface area contributed by atoms with E-state index < -0.39 is 12.1 Å². The number of esters is 1. The second kappa shape index (κ2) is 8.66. The Morgan fingerprint density at radius 2 is 1.88 bits per heavy atom. The van der Waals surface area contributed by atoms with E-state index in [2.05, 4.69) is 10.3 Å². The summed E-state index contributed by atoms with van der Waals surface area (Å²) >= 11 is 0. The van der Waals surface area contributed by atoms with Crippen molar-refractivity contribution in [1.29, 1.82) is 0 Å². The summed E-state index contributed by atoms with van der Waals surface area (Å²) in [6, 6.07) is 6.97. The van der Waals surface area contributed by atoms with Crippen LogP contribution in [0.2, 0.25) is 0 Å². The number of benzene rings is 1. The van der Waals surface area contributed by atoms with Crippen LogP contribution in [0.5, 0.6) is 0 Å². The van der Waals surface area contributed by atoms with Crippen LogP contribution in [0.3, 0.4) is 0 Å². The number of hydrogen-bond acceptors (Lipinski definition) is 7. The predicted molar refractivity (Wildman–Crippen MR) is 85.0 cm³/mol. The molecular weight excluding hydrogens is 316 g/mol. The molecule has 0 aromatic heterocycles. The Morgan fingerprint density at radius 3 is 2.50 bits per heavy atom. The second-order valence-corrected chi connectivity index (χ2v) is 4.97. The van der Waals surface area contributed by atoms with Gasteiger partial charge >= 0.3 is 12.1 Å². The van der Waals surface area contributed by atoms with Crippen LogP contribution in [0.25, 0.3) is 0 Å². The molecule has 1 heterocycles. The van der Waals surface area contributed by atoms with Gasteiger partial charge in [0.15, 0.2) is 0 Å². The fourth-order valence-corrected chi connectivity index (χ4v) is 1.90. The minimum absolute atomic E-state index is 0.0990. The van der Waals surface area contributed by atoms with Gasteiger partial charge in [0.1, 0.15) is 32.0 Å². The summed E-state index contributed by atoms with van der Waals surface area (Å²) in [6.07, 6.45) is -0.951. The van der Waals surface area contributed by atoms with E-state index in [9.17, 15) is 14.4 Å². The Bertz CT molecular complexity index is 638. The molecule has 24 heavy (non-hydrogen) atoms. The van der Waals surface area contributed by atoms with Crippen molar-refractivity contribution in [3.8, 4) is 0 Å². The zero-order valence-corrected chi connectivity index (χ0v) is 13.2. The summed E-state index contributed by atoms with van der Waals surface area (Å²) < 4.78 is 14.9. The first kappa shape index (κ1) is 17.5. The molecule has 1 aliphatic rings. The van der Waals surface area contributed by atoms with Gasteiger partial charge in [0, 0.05) is 11.3 Å². The van der Waals surface area contributed by atoms with Gasteiger partial charge in [0.05, 0.1) is 6.54 Å². The standard InChI is InChI=1S/C16H18N2O6/c1-11(19)10-14(20)22-8-9-24-16(21)18-13-4-2-12(3-5-13)15-17-6-7-23-15/h2-5H,6-10H2,1H3,(H,18,21). The Hall–Kier alpha value is -2.90. The molecule has 0 radical (unpaired) electrons. The summed E-state index contributed by atoms with van der Waals surface area (Å²) in [4.78, 5) is 37.6. The van der Waals surface area contributed by atoms with E-state index in [1.807, 2.05) is 0 Å². The van der Waals surface area contributed by atoms with Gasteiger partial charge in [0.25, 0.3) is 0 Å². The van der Waals surface area contributed by atoms with Gasteiger partial charge < -0.3 is 14.2 Å². The lowest BCUT2D eigenvalue weighted by Crippen LogP contribution is -2.18. The van der Waals surface area contributed by atoms with Crippen molar-refractivity contribution in [2.75, 3.05) is 31.7 Å². The van der Waals surface area contributed by atoms with E-state index in [-0.39, 0.29) is 25.4 Å². The van der Waals surface area contributed by atoms with E-state index in [4.69, 9.17) is 14.2 Å². The number of Topliss-reactive ketones (excluding diaryl/α,β-unsaturated/α-hetero) is 1. The van der Waals surface area contributed by atoms with Crippen LogP contribution in [-0.4, -0.2) is 50.1 Å². The van der Waals surface area contributed by atoms with Crippen molar-refractivity contribution >= 4 is 29.4 Å². The van der Waals surface area contributed by atoms with E-state index in [1.165, 1.54) is 6.92 Å². The Kier molecular flexibility index (Phi) is 6.30. The third-order valence-electron chi connectivity index (χ3n) is 2.94. The van der Waals surface area contributed by atoms with Crippen LogP contribution in [0, 0.1) is 0 Å². The maximum atomic E-state index is 11.6. The molecule has 1 aromatic carbocycles. The highest BCUT2D eigenvalue weighted by atomic mass is 16.6. The van der Waals surface area contributed by atoms with Crippen LogP contribution in [0.4, 0.5) is 10.5 Å². The highest BCUT2D eigenvalue weighted by Crippen LogP contribution is 2.13. The molecule has 0 aliphatic carbocycles. The first-order valence-corrected chi connectivity index (χ1v) is 7.41. The lowest BCUT2D eigenvalue weighted by Gasteiger charge is -2.08. The first-order valence-electron chi connectivity index (χ1n) is 7.41. The number of hydrogen-bond donors (Lipinski definition) is 1. The van der Waals surface area contributed by atoms with Gasteiger partial charge in [-0.15, -0.1) is 0 Å². The number of carbonyl (C=O) groups excluding carboxylic acids is 3. The highest BCUT2D eigenvalue weighted by Gasteiger charge is 2.11. The lowest BCUT2D eigenvalue weighted by atomic mass is 10.2. The van der Waals surface area contributed by atoms with E-state index in [1.54, 1.807) is 24.3 Å². The summed E-state index contributed by atoms with van der Waals surface area (Å²) in [5.41, 5.74) is 1.39. The van der Waals surface area contributed by atoms with Crippen molar-refractivity contribution < 1.29 is 28.6 Å².